The monoisotopic (exact) mass is 201 g/mol. The predicted octanol–water partition coefficient (Wildman–Crippen LogP) is 2.17. The van der Waals surface area contributed by atoms with Crippen molar-refractivity contribution in [2.75, 3.05) is 6.54 Å². The fourth-order valence-corrected chi connectivity index (χ4v) is 1.77. The molecule has 4 heteroatoms. The van der Waals surface area contributed by atoms with Gasteiger partial charge in [0.2, 0.25) is 0 Å². The Hall–Kier alpha value is -1.03. The number of hydrogen-bond acceptors (Lipinski definition) is 1. The van der Waals surface area contributed by atoms with Crippen molar-refractivity contribution in [1.82, 2.24) is 0 Å². The highest BCUT2D eigenvalue weighted by molar-refractivity contribution is 5.29. The fourth-order valence-electron chi connectivity index (χ4n) is 1.77. The molecule has 0 bridgehead atoms. The molecule has 0 saturated heterocycles. The van der Waals surface area contributed by atoms with E-state index in [1.54, 1.807) is 0 Å². The summed E-state index contributed by atoms with van der Waals surface area (Å²) in [4.78, 5) is 0. The van der Waals surface area contributed by atoms with Crippen LogP contribution in [0.1, 0.15) is 17.9 Å². The van der Waals surface area contributed by atoms with Crippen molar-refractivity contribution < 1.29 is 13.2 Å². The molecule has 2 N–H and O–H groups in total. The summed E-state index contributed by atoms with van der Waals surface area (Å²) in [7, 11) is 0. The zero-order valence-electron chi connectivity index (χ0n) is 7.43. The van der Waals surface area contributed by atoms with Gasteiger partial charge < -0.3 is 5.73 Å². The molecule has 0 heterocycles. The third-order valence-electron chi connectivity index (χ3n) is 2.64. The SMILES string of the molecule is NC[C@@H]1C[C@H]1c1c(F)cc(F)cc1F. The number of hydrogen-bond donors (Lipinski definition) is 1. The Balaban J connectivity index is 2.34. The first-order valence-electron chi connectivity index (χ1n) is 4.48. The lowest BCUT2D eigenvalue weighted by Gasteiger charge is -2.03. The molecule has 1 aromatic rings. The van der Waals surface area contributed by atoms with Gasteiger partial charge in [0.25, 0.3) is 0 Å². The first-order valence-corrected chi connectivity index (χ1v) is 4.48. The van der Waals surface area contributed by atoms with Gasteiger partial charge in [-0.2, -0.15) is 0 Å². The van der Waals surface area contributed by atoms with E-state index >= 15 is 0 Å². The van der Waals surface area contributed by atoms with E-state index in [1.807, 2.05) is 0 Å². The number of halogens is 3. The molecule has 1 aromatic carbocycles. The third-order valence-corrected chi connectivity index (χ3v) is 2.64. The van der Waals surface area contributed by atoms with Gasteiger partial charge in [-0.05, 0) is 24.8 Å². The van der Waals surface area contributed by atoms with Crippen LogP contribution in [0.4, 0.5) is 13.2 Å². The topological polar surface area (TPSA) is 26.0 Å². The molecule has 1 saturated carbocycles. The molecule has 1 nitrogen and oxygen atoms in total. The van der Waals surface area contributed by atoms with Gasteiger partial charge in [-0.25, -0.2) is 13.2 Å². The summed E-state index contributed by atoms with van der Waals surface area (Å²) in [5.74, 6) is -2.51. The number of benzene rings is 1. The molecule has 76 valence electrons. The van der Waals surface area contributed by atoms with Crippen LogP contribution < -0.4 is 5.73 Å². The molecule has 1 fully saturated rings. The van der Waals surface area contributed by atoms with Crippen LogP contribution in [0.3, 0.4) is 0 Å². The standard InChI is InChI=1S/C10H10F3N/c11-6-2-8(12)10(9(13)3-6)7-1-5(7)4-14/h2-3,5,7H,1,4,14H2/t5-,7+/m0/s1. The van der Waals surface area contributed by atoms with Crippen LogP contribution >= 0.6 is 0 Å². The molecule has 0 radical (unpaired) electrons. The van der Waals surface area contributed by atoms with Gasteiger partial charge in [0, 0.05) is 17.7 Å². The summed E-state index contributed by atoms with van der Waals surface area (Å²) in [5.41, 5.74) is 5.36. The number of nitrogens with two attached hydrogens (primary N) is 1. The lowest BCUT2D eigenvalue weighted by Crippen LogP contribution is -2.04. The van der Waals surface area contributed by atoms with Crippen LogP contribution in [0, 0.1) is 23.4 Å². The Morgan fingerprint density at radius 3 is 2.21 bits per heavy atom. The molecule has 0 unspecified atom stereocenters. The van der Waals surface area contributed by atoms with Crippen molar-refractivity contribution in [3.63, 3.8) is 0 Å². The maximum atomic E-state index is 13.2. The molecule has 14 heavy (non-hydrogen) atoms. The molecule has 0 spiro atoms. The summed E-state index contributed by atoms with van der Waals surface area (Å²) in [6, 6.07) is 1.43. The van der Waals surface area contributed by atoms with E-state index in [1.165, 1.54) is 0 Å². The van der Waals surface area contributed by atoms with Crippen molar-refractivity contribution in [1.29, 1.82) is 0 Å². The van der Waals surface area contributed by atoms with Crippen LogP contribution in [0.2, 0.25) is 0 Å². The second kappa shape index (κ2) is 3.28. The van der Waals surface area contributed by atoms with E-state index in [9.17, 15) is 13.2 Å². The van der Waals surface area contributed by atoms with Gasteiger partial charge in [0.1, 0.15) is 17.5 Å². The van der Waals surface area contributed by atoms with Gasteiger partial charge in [-0.3, -0.25) is 0 Å². The lowest BCUT2D eigenvalue weighted by molar-refractivity contribution is 0.521. The smallest absolute Gasteiger partial charge is 0.132 e. The van der Waals surface area contributed by atoms with Crippen molar-refractivity contribution >= 4 is 0 Å². The van der Waals surface area contributed by atoms with Crippen molar-refractivity contribution in [3.8, 4) is 0 Å². The summed E-state index contributed by atoms with van der Waals surface area (Å²) >= 11 is 0. The minimum atomic E-state index is -0.881. The molecular formula is C10H10F3N. The van der Waals surface area contributed by atoms with Crippen LogP contribution in [-0.4, -0.2) is 6.54 Å². The van der Waals surface area contributed by atoms with Crippen molar-refractivity contribution in [2.24, 2.45) is 11.7 Å². The summed E-state index contributed by atoms with van der Waals surface area (Å²) in [6.45, 7) is 0.418. The Bertz CT molecular complexity index is 341. The summed E-state index contributed by atoms with van der Waals surface area (Å²) < 4.78 is 38.9. The minimum absolute atomic E-state index is 0.0122. The first-order chi connectivity index (χ1) is 6.63. The van der Waals surface area contributed by atoms with Crippen LogP contribution in [0.15, 0.2) is 12.1 Å². The molecular weight excluding hydrogens is 191 g/mol. The molecule has 2 rings (SSSR count). The Morgan fingerprint density at radius 2 is 1.79 bits per heavy atom. The molecule has 0 amide bonds. The van der Waals surface area contributed by atoms with Crippen LogP contribution in [0.25, 0.3) is 0 Å². The second-order valence-electron chi connectivity index (χ2n) is 3.62. The van der Waals surface area contributed by atoms with Gasteiger partial charge >= 0.3 is 0 Å². The second-order valence-corrected chi connectivity index (χ2v) is 3.62. The summed E-state index contributed by atoms with van der Waals surface area (Å²) in [5, 5.41) is 0. The van der Waals surface area contributed by atoms with Crippen molar-refractivity contribution in [2.45, 2.75) is 12.3 Å². The molecule has 0 aromatic heterocycles. The highest BCUT2D eigenvalue weighted by atomic mass is 19.1. The van der Waals surface area contributed by atoms with Gasteiger partial charge in [-0.1, -0.05) is 0 Å². The fraction of sp³-hybridized carbons (Fsp3) is 0.400. The molecule has 1 aliphatic rings. The summed E-state index contributed by atoms with van der Waals surface area (Å²) in [6.07, 6.45) is 0.690. The minimum Gasteiger partial charge on any atom is -0.330 e. The average Bonchev–Trinajstić information content (AvgIpc) is 2.81. The van der Waals surface area contributed by atoms with E-state index < -0.39 is 17.5 Å². The number of rotatable bonds is 2. The highest BCUT2D eigenvalue weighted by Gasteiger charge is 2.40. The Kier molecular flexibility index (Phi) is 2.23. The van der Waals surface area contributed by atoms with E-state index in [4.69, 9.17) is 5.73 Å². The maximum absolute atomic E-state index is 13.2. The third kappa shape index (κ3) is 1.50. The zero-order valence-corrected chi connectivity index (χ0v) is 7.43. The van der Waals surface area contributed by atoms with Gasteiger partial charge in [0.05, 0.1) is 0 Å². The maximum Gasteiger partial charge on any atom is 0.132 e. The van der Waals surface area contributed by atoms with Crippen LogP contribution in [-0.2, 0) is 0 Å². The molecule has 0 aliphatic heterocycles. The normalized spacial score (nSPS) is 25.1. The van der Waals surface area contributed by atoms with Gasteiger partial charge in [0.15, 0.2) is 0 Å². The van der Waals surface area contributed by atoms with E-state index in [2.05, 4.69) is 0 Å². The van der Waals surface area contributed by atoms with E-state index in [0.29, 0.717) is 25.1 Å². The average molecular weight is 201 g/mol. The van der Waals surface area contributed by atoms with E-state index in [-0.39, 0.29) is 17.4 Å². The molecule has 1 aliphatic carbocycles. The Morgan fingerprint density at radius 1 is 1.21 bits per heavy atom. The zero-order chi connectivity index (χ0) is 10.3. The van der Waals surface area contributed by atoms with E-state index in [0.717, 1.165) is 0 Å². The quantitative estimate of drug-likeness (QED) is 0.779. The highest BCUT2D eigenvalue weighted by Crippen LogP contribution is 2.48. The predicted molar refractivity (Wildman–Crippen MR) is 46.2 cm³/mol. The molecule has 2 atom stereocenters. The lowest BCUT2D eigenvalue weighted by atomic mass is 10.1. The van der Waals surface area contributed by atoms with Crippen molar-refractivity contribution in [3.05, 3.63) is 35.1 Å². The Labute approximate surface area is 79.7 Å². The largest absolute Gasteiger partial charge is 0.330 e. The van der Waals surface area contributed by atoms with Crippen LogP contribution in [0.5, 0.6) is 0 Å². The van der Waals surface area contributed by atoms with Gasteiger partial charge in [-0.15, -0.1) is 0 Å². The first kappa shape index (κ1) is 9.52.